The number of piperidine rings is 1. The summed E-state index contributed by atoms with van der Waals surface area (Å²) in [6.07, 6.45) is 1.05. The van der Waals surface area contributed by atoms with Gasteiger partial charge in [-0.05, 0) is 94.4 Å². The van der Waals surface area contributed by atoms with Crippen molar-refractivity contribution in [2.75, 3.05) is 11.9 Å². The van der Waals surface area contributed by atoms with Crippen molar-refractivity contribution < 1.29 is 36.3 Å². The summed E-state index contributed by atoms with van der Waals surface area (Å²) in [6, 6.07) is 15.3. The number of rotatable bonds is 8. The summed E-state index contributed by atoms with van der Waals surface area (Å²) in [5.74, 6) is 4.03. The van der Waals surface area contributed by atoms with Crippen LogP contribution in [0.1, 0.15) is 125 Å². The van der Waals surface area contributed by atoms with Gasteiger partial charge in [0.25, 0.3) is 5.60 Å². The van der Waals surface area contributed by atoms with E-state index in [2.05, 4.69) is 79.8 Å². The van der Waals surface area contributed by atoms with Crippen molar-refractivity contribution in [1.82, 2.24) is 25.0 Å². The lowest BCUT2D eigenvalue weighted by molar-refractivity contribution is -0.239. The Bertz CT molecular complexity index is 2010. The number of fused-ring (bicyclic) bond motifs is 3. The van der Waals surface area contributed by atoms with Crippen LogP contribution in [0.3, 0.4) is 0 Å². The fourth-order valence-corrected chi connectivity index (χ4v) is 9.15. The van der Waals surface area contributed by atoms with Crippen LogP contribution in [0.2, 0.25) is 5.02 Å². The van der Waals surface area contributed by atoms with Crippen LogP contribution in [0.25, 0.3) is 0 Å². The number of nitrogens with one attached hydrogen (secondary N) is 2. The molecule has 2 N–H and O–H groups in total. The van der Waals surface area contributed by atoms with Crippen molar-refractivity contribution in [2.24, 2.45) is 11.8 Å². The van der Waals surface area contributed by atoms with Crippen molar-refractivity contribution in [3.8, 4) is 11.8 Å². The molecular weight excluding hydrogens is 779 g/mol. The Morgan fingerprint density at radius 1 is 1.00 bits per heavy atom. The molecule has 5 atom stereocenters. The molecule has 2 saturated heterocycles. The van der Waals surface area contributed by atoms with Crippen LogP contribution in [0.15, 0.2) is 48.5 Å². The van der Waals surface area contributed by atoms with Gasteiger partial charge in [-0.3, -0.25) is 15.0 Å². The number of hydrogen-bond acceptors (Lipinski definition) is 6. The second kappa shape index (κ2) is 16.8. The molecule has 8 rings (SSSR count). The van der Waals surface area contributed by atoms with Gasteiger partial charge in [0.15, 0.2) is 0 Å². The summed E-state index contributed by atoms with van der Waals surface area (Å²) in [5.41, 5.74) is -2.19. The Morgan fingerprint density at radius 3 is 2.29 bits per heavy atom. The number of aromatic nitrogens is 3. The third-order valence-corrected chi connectivity index (χ3v) is 12.4. The van der Waals surface area contributed by atoms with E-state index >= 15 is 0 Å². The number of anilines is 1. The Labute approximate surface area is 340 Å². The van der Waals surface area contributed by atoms with Crippen LogP contribution in [-0.2, 0) is 15.1 Å². The Balaban J connectivity index is 0.000000206. The van der Waals surface area contributed by atoms with E-state index < -0.39 is 23.8 Å². The first-order valence-corrected chi connectivity index (χ1v) is 20.7. The van der Waals surface area contributed by atoms with E-state index in [1.165, 1.54) is 25.0 Å². The number of carbonyl (C=O) groups is 2. The van der Waals surface area contributed by atoms with E-state index in [0.717, 1.165) is 61.9 Å². The number of cyclic esters (lactones) is 1. The van der Waals surface area contributed by atoms with Gasteiger partial charge in [-0.15, -0.1) is 10.2 Å². The SMILES string of the molecule is Cc1nnc(C(C)C)n1C1C[C@H]2CC[C@@H](C1)N2CC[C@H](NC(=O)C1CCC(F)(F)CC1)c1ccccc1.O=C1Nc2ccc(Cl)cc2[C@@](C#CC2CC2)(C(F)(F)F)O1. The molecule has 3 aromatic rings. The lowest BCUT2D eigenvalue weighted by atomic mass is 9.86. The van der Waals surface area contributed by atoms with E-state index in [9.17, 15) is 31.5 Å². The fraction of sp³-hybridized carbons (Fsp3) is 0.581. The quantitative estimate of drug-likeness (QED) is 0.173. The van der Waals surface area contributed by atoms with Crippen molar-refractivity contribution in [1.29, 1.82) is 0 Å². The first-order chi connectivity index (χ1) is 27.5. The monoisotopic (exact) mass is 828 g/mol. The molecule has 1 unspecified atom stereocenters. The summed E-state index contributed by atoms with van der Waals surface area (Å²) >= 11 is 5.78. The standard InChI is InChI=1S/C29H41F2N5O.C14H9ClF3NO2/c1-19(2)27-34-33-20(3)36(27)25-17-23-9-10-24(18-25)35(23)16-13-26(21-7-5-4-6-8-21)32-28(37)22-11-14-29(30,31)15-12-22;15-9-3-4-11-10(7-9)13(14(16,17)18,21-12(20)19-11)6-5-8-1-2-8/h4-8,19,22-26H,9-18H2,1-3H3,(H,32,37);3-4,7-8H,1-2H2,(H,19,20)/t23-,24+,25?,26-;13-/m00/s1. The molecule has 15 heteroatoms. The molecule has 5 aliphatic rings. The van der Waals surface area contributed by atoms with Gasteiger partial charge < -0.3 is 14.6 Å². The van der Waals surface area contributed by atoms with E-state index in [1.54, 1.807) is 0 Å². The molecular formula is C43H50ClF5N6O3. The minimum absolute atomic E-state index is 0.00179. The maximum absolute atomic E-state index is 13.6. The molecule has 9 nitrogen and oxygen atoms in total. The number of carbonyl (C=O) groups excluding carboxylic acids is 2. The molecule has 2 aliphatic carbocycles. The lowest BCUT2D eigenvalue weighted by Crippen LogP contribution is -2.49. The molecule has 3 aliphatic heterocycles. The largest absolute Gasteiger partial charge is 0.445 e. The number of benzene rings is 2. The molecule has 4 fully saturated rings. The minimum Gasteiger partial charge on any atom is -0.415 e. The highest BCUT2D eigenvalue weighted by Crippen LogP contribution is 2.48. The molecule has 2 aromatic carbocycles. The van der Waals surface area contributed by atoms with Crippen molar-refractivity contribution >= 4 is 29.3 Å². The normalized spacial score (nSPS) is 26.0. The van der Waals surface area contributed by atoms with E-state index in [0.29, 0.717) is 24.0 Å². The number of aryl methyl sites for hydroxylation is 1. The van der Waals surface area contributed by atoms with Crippen molar-refractivity contribution in [3.05, 3.63) is 76.3 Å². The van der Waals surface area contributed by atoms with E-state index in [1.807, 2.05) is 18.2 Å². The van der Waals surface area contributed by atoms with Gasteiger partial charge >= 0.3 is 12.3 Å². The Morgan fingerprint density at radius 2 is 1.67 bits per heavy atom. The summed E-state index contributed by atoms with van der Waals surface area (Å²) in [5, 5.41) is 14.4. The zero-order chi connectivity index (χ0) is 41.4. The third-order valence-electron chi connectivity index (χ3n) is 12.2. The highest BCUT2D eigenvalue weighted by atomic mass is 35.5. The average molecular weight is 829 g/mol. The molecule has 312 valence electrons. The molecule has 0 radical (unpaired) electrons. The number of hydrogen-bond donors (Lipinski definition) is 2. The number of nitrogens with zero attached hydrogens (tertiary/aromatic N) is 4. The van der Waals surface area contributed by atoms with Crippen molar-refractivity contribution in [3.63, 3.8) is 0 Å². The van der Waals surface area contributed by atoms with Gasteiger partial charge in [0.2, 0.25) is 11.8 Å². The lowest BCUT2D eigenvalue weighted by Gasteiger charge is -2.40. The fourth-order valence-electron chi connectivity index (χ4n) is 8.98. The molecule has 2 bridgehead atoms. The second-order valence-corrected chi connectivity index (χ2v) is 17.1. The van der Waals surface area contributed by atoms with Crippen LogP contribution in [0.5, 0.6) is 0 Å². The summed E-state index contributed by atoms with van der Waals surface area (Å²) in [4.78, 5) is 27.3. The summed E-state index contributed by atoms with van der Waals surface area (Å²) in [7, 11) is 0. The number of halogens is 6. The predicted octanol–water partition coefficient (Wildman–Crippen LogP) is 10.0. The average Bonchev–Trinajstić information content (AvgIpc) is 3.88. The molecule has 1 aromatic heterocycles. The molecule has 58 heavy (non-hydrogen) atoms. The number of ether oxygens (including phenoxy) is 1. The van der Waals surface area contributed by atoms with Crippen molar-refractivity contribution in [2.45, 2.75) is 139 Å². The Hall–Kier alpha value is -4.22. The second-order valence-electron chi connectivity index (χ2n) is 16.7. The predicted molar refractivity (Wildman–Crippen MR) is 209 cm³/mol. The highest BCUT2D eigenvalue weighted by Gasteiger charge is 2.62. The summed E-state index contributed by atoms with van der Waals surface area (Å²) < 4.78 is 75.0. The molecule has 2 saturated carbocycles. The Kier molecular flexibility index (Phi) is 12.1. The van der Waals surface area contributed by atoms with Gasteiger partial charge in [-0.1, -0.05) is 61.7 Å². The zero-order valence-corrected chi connectivity index (χ0v) is 33.7. The first-order valence-electron chi connectivity index (χ1n) is 20.3. The smallest absolute Gasteiger partial charge is 0.415 e. The van der Waals surface area contributed by atoms with Gasteiger partial charge in [0, 0.05) is 65.9 Å². The zero-order valence-electron chi connectivity index (χ0n) is 32.9. The van der Waals surface area contributed by atoms with Gasteiger partial charge in [-0.2, -0.15) is 13.2 Å². The minimum atomic E-state index is -4.87. The van der Waals surface area contributed by atoms with Gasteiger partial charge in [-0.25, -0.2) is 13.6 Å². The third kappa shape index (κ3) is 9.15. The maximum atomic E-state index is 13.6. The van der Waals surface area contributed by atoms with Gasteiger partial charge in [0.05, 0.1) is 11.7 Å². The number of amides is 2. The van der Waals surface area contributed by atoms with E-state index in [4.69, 9.17) is 11.6 Å². The van der Waals surface area contributed by atoms with Crippen LogP contribution >= 0.6 is 11.6 Å². The maximum Gasteiger partial charge on any atom is 0.445 e. The first kappa shape index (κ1) is 41.9. The highest BCUT2D eigenvalue weighted by molar-refractivity contribution is 6.30. The van der Waals surface area contributed by atoms with Gasteiger partial charge in [0.1, 0.15) is 11.6 Å². The topological polar surface area (TPSA) is 101 Å². The van der Waals surface area contributed by atoms with Crippen LogP contribution < -0.4 is 10.6 Å². The number of alkyl halides is 5. The van der Waals surface area contributed by atoms with Crippen LogP contribution in [0, 0.1) is 30.6 Å². The summed E-state index contributed by atoms with van der Waals surface area (Å²) in [6.45, 7) is 7.34. The molecule has 2 amide bonds. The van der Waals surface area contributed by atoms with Crippen LogP contribution in [0.4, 0.5) is 32.4 Å². The molecule has 4 heterocycles. The van der Waals surface area contributed by atoms with Crippen LogP contribution in [-0.4, -0.2) is 62.4 Å². The molecule has 0 spiro atoms. The van der Waals surface area contributed by atoms with E-state index in [-0.39, 0.29) is 65.7 Å².